The van der Waals surface area contributed by atoms with Crippen molar-refractivity contribution in [2.24, 2.45) is 11.8 Å². The van der Waals surface area contributed by atoms with Crippen molar-refractivity contribution in [3.8, 4) is 17.9 Å². The zero-order valence-electron chi connectivity index (χ0n) is 11.9. The minimum Gasteiger partial charge on any atom is -0.491 e. The fourth-order valence-corrected chi connectivity index (χ4v) is 3.23. The zero-order chi connectivity index (χ0) is 14.7. The highest BCUT2D eigenvalue weighted by Crippen LogP contribution is 2.26. The molecule has 0 aliphatic carbocycles. The molecule has 21 heavy (non-hydrogen) atoms. The van der Waals surface area contributed by atoms with E-state index >= 15 is 0 Å². The lowest BCUT2D eigenvalue weighted by molar-refractivity contribution is 0.228. The van der Waals surface area contributed by atoms with Crippen molar-refractivity contribution < 1.29 is 4.74 Å². The van der Waals surface area contributed by atoms with E-state index in [1.165, 1.54) is 0 Å². The first-order valence-corrected chi connectivity index (χ1v) is 7.30. The molecule has 0 amide bonds. The van der Waals surface area contributed by atoms with Crippen LogP contribution in [0.25, 0.3) is 0 Å². The monoisotopic (exact) mass is 282 g/mol. The van der Waals surface area contributed by atoms with Crippen LogP contribution in [-0.2, 0) is 0 Å². The van der Waals surface area contributed by atoms with E-state index in [9.17, 15) is 0 Å². The van der Waals surface area contributed by atoms with Crippen molar-refractivity contribution in [3.63, 3.8) is 0 Å². The number of nitriles is 2. The Morgan fingerprint density at radius 1 is 1.19 bits per heavy atom. The minimum absolute atomic E-state index is 0.427. The molecule has 2 heterocycles. The number of nitrogens with zero attached hydrogens (tertiary/aromatic N) is 3. The molecule has 0 spiro atoms. The van der Waals surface area contributed by atoms with E-state index in [1.807, 2.05) is 6.07 Å². The third kappa shape index (κ3) is 3.00. The predicted molar refractivity (Wildman–Crippen MR) is 77.7 cm³/mol. The van der Waals surface area contributed by atoms with Gasteiger partial charge in [-0.2, -0.15) is 10.5 Å². The minimum atomic E-state index is 0.427. The summed E-state index contributed by atoms with van der Waals surface area (Å²) in [4.78, 5) is 2.44. The summed E-state index contributed by atoms with van der Waals surface area (Å²) < 4.78 is 5.72. The molecular formula is C16H18N4O. The van der Waals surface area contributed by atoms with Gasteiger partial charge in [0, 0.05) is 19.6 Å². The van der Waals surface area contributed by atoms with E-state index in [-0.39, 0.29) is 0 Å². The first kappa shape index (κ1) is 13.9. The van der Waals surface area contributed by atoms with Crippen LogP contribution in [-0.4, -0.2) is 44.2 Å². The second kappa shape index (κ2) is 6.13. The quantitative estimate of drug-likeness (QED) is 0.890. The molecule has 108 valence electrons. The van der Waals surface area contributed by atoms with E-state index in [4.69, 9.17) is 15.3 Å². The van der Waals surface area contributed by atoms with Crippen LogP contribution in [0.1, 0.15) is 11.1 Å². The molecule has 1 aromatic rings. The van der Waals surface area contributed by atoms with Crippen molar-refractivity contribution in [1.82, 2.24) is 10.2 Å². The number of fused-ring (bicyclic) bond motifs is 1. The zero-order valence-corrected chi connectivity index (χ0v) is 11.9. The molecule has 2 atom stereocenters. The van der Waals surface area contributed by atoms with Crippen LogP contribution in [0.4, 0.5) is 0 Å². The normalized spacial score (nSPS) is 24.3. The van der Waals surface area contributed by atoms with Crippen LogP contribution in [0, 0.1) is 34.5 Å². The highest BCUT2D eigenvalue weighted by atomic mass is 16.5. The topological polar surface area (TPSA) is 72.1 Å². The third-order valence-electron chi connectivity index (χ3n) is 4.36. The summed E-state index contributed by atoms with van der Waals surface area (Å²) in [7, 11) is 0. The lowest BCUT2D eigenvalue weighted by Gasteiger charge is -2.17. The summed E-state index contributed by atoms with van der Waals surface area (Å²) >= 11 is 0. The fraction of sp³-hybridized carbons (Fsp3) is 0.500. The molecule has 3 rings (SSSR count). The van der Waals surface area contributed by atoms with Gasteiger partial charge in [0.25, 0.3) is 0 Å². The summed E-state index contributed by atoms with van der Waals surface area (Å²) in [5.74, 6) is 2.14. The van der Waals surface area contributed by atoms with Gasteiger partial charge in [0.2, 0.25) is 0 Å². The summed E-state index contributed by atoms with van der Waals surface area (Å²) in [6.45, 7) is 6.01. The van der Waals surface area contributed by atoms with E-state index in [0.717, 1.165) is 44.6 Å². The molecule has 1 N–H and O–H groups in total. The number of rotatable bonds is 4. The smallest absolute Gasteiger partial charge is 0.137 e. The molecular weight excluding hydrogens is 264 g/mol. The number of benzene rings is 1. The van der Waals surface area contributed by atoms with E-state index in [2.05, 4.69) is 16.3 Å². The lowest BCUT2D eigenvalue weighted by Crippen LogP contribution is -2.29. The van der Waals surface area contributed by atoms with Crippen LogP contribution in [0.5, 0.6) is 5.75 Å². The largest absolute Gasteiger partial charge is 0.491 e. The average Bonchev–Trinajstić information content (AvgIpc) is 3.08. The maximum absolute atomic E-state index is 9.10. The Balaban J connectivity index is 1.52. The fourth-order valence-electron chi connectivity index (χ4n) is 3.23. The van der Waals surface area contributed by atoms with Crippen molar-refractivity contribution in [2.75, 3.05) is 39.3 Å². The highest BCUT2D eigenvalue weighted by molar-refractivity contribution is 5.48. The van der Waals surface area contributed by atoms with Crippen LogP contribution in [0.15, 0.2) is 18.2 Å². The van der Waals surface area contributed by atoms with E-state index in [1.54, 1.807) is 18.2 Å². The third-order valence-corrected chi connectivity index (χ3v) is 4.36. The van der Waals surface area contributed by atoms with Gasteiger partial charge < -0.3 is 10.1 Å². The van der Waals surface area contributed by atoms with Crippen LogP contribution in [0.3, 0.4) is 0 Å². The SMILES string of the molecule is N#Cc1ccc(OCCN2CC3CNCC3C2)c(C#N)c1. The van der Waals surface area contributed by atoms with Crippen LogP contribution < -0.4 is 10.1 Å². The van der Waals surface area contributed by atoms with Gasteiger partial charge in [0.15, 0.2) is 0 Å². The molecule has 2 aliphatic heterocycles. The van der Waals surface area contributed by atoms with Crippen molar-refractivity contribution in [1.29, 1.82) is 10.5 Å². The predicted octanol–water partition coefficient (Wildman–Crippen LogP) is 0.960. The van der Waals surface area contributed by atoms with Gasteiger partial charge in [-0.05, 0) is 43.1 Å². The Hall–Kier alpha value is -2.08. The summed E-state index contributed by atoms with van der Waals surface area (Å²) in [6, 6.07) is 9.08. The van der Waals surface area contributed by atoms with Crippen LogP contribution in [0.2, 0.25) is 0 Å². The van der Waals surface area contributed by atoms with Crippen molar-refractivity contribution in [2.45, 2.75) is 0 Å². The number of ether oxygens (including phenoxy) is 1. The second-order valence-corrected chi connectivity index (χ2v) is 5.72. The molecule has 2 aliphatic rings. The molecule has 2 saturated heterocycles. The van der Waals surface area contributed by atoms with Gasteiger partial charge in [0.1, 0.15) is 18.4 Å². The number of hydrogen-bond acceptors (Lipinski definition) is 5. The average molecular weight is 282 g/mol. The first-order chi connectivity index (χ1) is 10.3. The summed E-state index contributed by atoms with van der Waals surface area (Å²) in [5.41, 5.74) is 0.912. The summed E-state index contributed by atoms with van der Waals surface area (Å²) in [6.07, 6.45) is 0. The van der Waals surface area contributed by atoms with Gasteiger partial charge >= 0.3 is 0 Å². The molecule has 0 radical (unpaired) electrons. The van der Waals surface area contributed by atoms with Gasteiger partial charge in [0.05, 0.1) is 17.2 Å². The molecule has 5 heteroatoms. The molecule has 0 saturated carbocycles. The molecule has 1 aromatic carbocycles. The van der Waals surface area contributed by atoms with Crippen molar-refractivity contribution in [3.05, 3.63) is 29.3 Å². The second-order valence-electron chi connectivity index (χ2n) is 5.72. The maximum Gasteiger partial charge on any atom is 0.137 e. The Morgan fingerprint density at radius 3 is 2.62 bits per heavy atom. The van der Waals surface area contributed by atoms with E-state index < -0.39 is 0 Å². The Labute approximate surface area is 124 Å². The standard InChI is InChI=1S/C16H18N4O/c17-6-12-1-2-16(13(5-12)7-18)21-4-3-20-10-14-8-19-9-15(14)11-20/h1-2,5,14-15,19H,3-4,8-11H2. The number of likely N-dealkylation sites (tertiary alicyclic amines) is 1. The van der Waals surface area contributed by atoms with Gasteiger partial charge in [-0.25, -0.2) is 0 Å². The Bertz CT molecular complexity index is 589. The molecule has 2 fully saturated rings. The number of nitrogens with one attached hydrogen (secondary N) is 1. The maximum atomic E-state index is 9.10. The molecule has 0 bridgehead atoms. The van der Waals surface area contributed by atoms with E-state index in [0.29, 0.717) is 23.5 Å². The Morgan fingerprint density at radius 2 is 1.95 bits per heavy atom. The molecule has 0 aromatic heterocycles. The molecule has 2 unspecified atom stereocenters. The van der Waals surface area contributed by atoms with Crippen LogP contribution >= 0.6 is 0 Å². The summed E-state index contributed by atoms with van der Waals surface area (Å²) in [5, 5.41) is 21.4. The van der Waals surface area contributed by atoms with Gasteiger partial charge in [-0.1, -0.05) is 0 Å². The lowest BCUT2D eigenvalue weighted by atomic mass is 10.0. The van der Waals surface area contributed by atoms with Crippen molar-refractivity contribution >= 4 is 0 Å². The van der Waals surface area contributed by atoms with Gasteiger partial charge in [-0.15, -0.1) is 0 Å². The van der Waals surface area contributed by atoms with Gasteiger partial charge in [-0.3, -0.25) is 4.90 Å². The highest BCUT2D eigenvalue weighted by Gasteiger charge is 2.35. The molecule has 5 nitrogen and oxygen atoms in total. The Kier molecular flexibility index (Phi) is 4.06. The first-order valence-electron chi connectivity index (χ1n) is 7.30. The number of hydrogen-bond donors (Lipinski definition) is 1.